The van der Waals surface area contributed by atoms with Crippen LogP contribution in [0.3, 0.4) is 0 Å². The van der Waals surface area contributed by atoms with Crippen LogP contribution in [0.2, 0.25) is 0 Å². The number of thiazole rings is 1. The summed E-state index contributed by atoms with van der Waals surface area (Å²) in [4.78, 5) is 29.6. The van der Waals surface area contributed by atoms with Crippen LogP contribution in [0.4, 0.5) is 0 Å². The molecule has 0 bridgehead atoms. The van der Waals surface area contributed by atoms with E-state index in [0.717, 1.165) is 10.2 Å². The highest BCUT2D eigenvalue weighted by molar-refractivity contribution is 7.16. The Bertz CT molecular complexity index is 1090. The summed E-state index contributed by atoms with van der Waals surface area (Å²) >= 11 is 1.35. The number of carbonyl (C=O) groups is 2. The number of benzene rings is 1. The Balaban J connectivity index is 2.09. The third-order valence-corrected chi connectivity index (χ3v) is 5.38. The summed E-state index contributed by atoms with van der Waals surface area (Å²) in [5.74, 6) is -0.766. The van der Waals surface area contributed by atoms with Gasteiger partial charge in [0.05, 0.1) is 29.5 Å². The summed E-state index contributed by atoms with van der Waals surface area (Å²) in [6.45, 7) is 7.49. The Labute approximate surface area is 172 Å². The van der Waals surface area contributed by atoms with Gasteiger partial charge in [0, 0.05) is 25.4 Å². The fourth-order valence-electron chi connectivity index (χ4n) is 2.96. The summed E-state index contributed by atoms with van der Waals surface area (Å²) in [5.41, 5.74) is 1.77. The molecule has 2 aromatic heterocycles. The minimum absolute atomic E-state index is 0.0502. The molecule has 3 rings (SSSR count). The molecule has 3 aromatic rings. The van der Waals surface area contributed by atoms with Gasteiger partial charge in [0.15, 0.2) is 4.80 Å². The van der Waals surface area contributed by atoms with Crippen molar-refractivity contribution in [2.75, 3.05) is 20.3 Å². The molecule has 0 fully saturated rings. The Morgan fingerprint density at radius 3 is 2.76 bits per heavy atom. The lowest BCUT2D eigenvalue weighted by Crippen LogP contribution is -2.21. The lowest BCUT2D eigenvalue weighted by atomic mass is 10.2. The Hall–Kier alpha value is -2.78. The molecule has 29 heavy (non-hydrogen) atoms. The van der Waals surface area contributed by atoms with Gasteiger partial charge in [0.2, 0.25) is 0 Å². The van der Waals surface area contributed by atoms with Gasteiger partial charge in [-0.15, -0.1) is 0 Å². The smallest absolute Gasteiger partial charge is 0.337 e. The van der Waals surface area contributed by atoms with Gasteiger partial charge in [-0.05, 0) is 45.0 Å². The predicted molar refractivity (Wildman–Crippen MR) is 110 cm³/mol. The topological polar surface area (TPSA) is 87.7 Å². The van der Waals surface area contributed by atoms with E-state index in [1.54, 1.807) is 29.1 Å². The van der Waals surface area contributed by atoms with Crippen molar-refractivity contribution in [2.45, 2.75) is 33.4 Å². The van der Waals surface area contributed by atoms with Gasteiger partial charge in [-0.1, -0.05) is 11.3 Å². The average Bonchev–Trinajstić information content (AvgIpc) is 3.32. The SMILES string of the molecule is CCOCCn1c(=NC(=O)c2ccnn2C(C)C)sc2cc(C(=O)OC)ccc21. The molecule has 0 saturated carbocycles. The molecule has 0 N–H and O–H groups in total. The maximum atomic E-state index is 12.8. The number of hydrogen-bond acceptors (Lipinski definition) is 6. The normalized spacial score (nSPS) is 12.1. The van der Waals surface area contributed by atoms with Gasteiger partial charge in [-0.3, -0.25) is 9.48 Å². The Morgan fingerprint density at radius 1 is 1.28 bits per heavy atom. The molecular formula is C20H24N4O4S. The Kier molecular flexibility index (Phi) is 6.60. The first-order valence-electron chi connectivity index (χ1n) is 9.38. The molecule has 0 atom stereocenters. The molecule has 0 aliphatic rings. The fourth-order valence-corrected chi connectivity index (χ4v) is 4.05. The van der Waals surface area contributed by atoms with Crippen molar-refractivity contribution < 1.29 is 19.1 Å². The van der Waals surface area contributed by atoms with Crippen molar-refractivity contribution >= 4 is 33.4 Å². The van der Waals surface area contributed by atoms with E-state index in [0.29, 0.717) is 35.8 Å². The van der Waals surface area contributed by atoms with E-state index in [1.807, 2.05) is 31.4 Å². The third-order valence-electron chi connectivity index (χ3n) is 4.34. The van der Waals surface area contributed by atoms with Crippen LogP contribution in [-0.4, -0.2) is 46.5 Å². The highest BCUT2D eigenvalue weighted by atomic mass is 32.1. The number of hydrogen-bond donors (Lipinski definition) is 0. The van der Waals surface area contributed by atoms with Gasteiger partial charge in [0.25, 0.3) is 5.91 Å². The second kappa shape index (κ2) is 9.15. The zero-order valence-electron chi connectivity index (χ0n) is 16.9. The lowest BCUT2D eigenvalue weighted by Gasteiger charge is -2.08. The predicted octanol–water partition coefficient (Wildman–Crippen LogP) is 3.04. The zero-order valence-corrected chi connectivity index (χ0v) is 17.7. The van der Waals surface area contributed by atoms with Crippen LogP contribution in [0, 0.1) is 0 Å². The van der Waals surface area contributed by atoms with Crippen molar-refractivity contribution in [1.29, 1.82) is 0 Å². The van der Waals surface area contributed by atoms with E-state index in [1.165, 1.54) is 18.4 Å². The van der Waals surface area contributed by atoms with Crippen molar-refractivity contribution in [3.63, 3.8) is 0 Å². The average molecular weight is 417 g/mol. The third kappa shape index (κ3) is 4.46. The molecule has 0 unspecified atom stereocenters. The molecule has 154 valence electrons. The number of fused-ring (bicyclic) bond motifs is 1. The van der Waals surface area contributed by atoms with Crippen molar-refractivity contribution in [3.8, 4) is 0 Å². The summed E-state index contributed by atoms with van der Waals surface area (Å²) < 4.78 is 14.7. The summed E-state index contributed by atoms with van der Waals surface area (Å²) in [6.07, 6.45) is 1.60. The molecule has 0 saturated heterocycles. The fraction of sp³-hybridized carbons (Fsp3) is 0.400. The van der Waals surface area contributed by atoms with Crippen LogP contribution < -0.4 is 4.80 Å². The van der Waals surface area contributed by atoms with Gasteiger partial charge in [-0.2, -0.15) is 10.1 Å². The Morgan fingerprint density at radius 2 is 2.07 bits per heavy atom. The highest BCUT2D eigenvalue weighted by Gasteiger charge is 2.16. The molecule has 0 aliphatic carbocycles. The standard InChI is InChI=1S/C20H24N4O4S/c1-5-28-11-10-23-15-7-6-14(19(26)27-4)12-17(15)29-20(23)22-18(25)16-8-9-21-24(16)13(2)3/h6-9,12-13H,5,10-11H2,1-4H3. The second-order valence-corrected chi connectivity index (χ2v) is 7.59. The number of esters is 1. The molecule has 9 heteroatoms. The largest absolute Gasteiger partial charge is 0.465 e. The molecule has 0 aliphatic heterocycles. The van der Waals surface area contributed by atoms with E-state index >= 15 is 0 Å². The first-order valence-corrected chi connectivity index (χ1v) is 10.2. The zero-order chi connectivity index (χ0) is 21.0. The van der Waals surface area contributed by atoms with Crippen LogP contribution >= 0.6 is 11.3 Å². The van der Waals surface area contributed by atoms with E-state index in [4.69, 9.17) is 9.47 Å². The molecule has 0 spiro atoms. The van der Waals surface area contributed by atoms with Crippen LogP contribution in [0.15, 0.2) is 35.5 Å². The van der Waals surface area contributed by atoms with Crippen LogP contribution in [0.25, 0.3) is 10.2 Å². The number of methoxy groups -OCH3 is 1. The van der Waals surface area contributed by atoms with E-state index in [-0.39, 0.29) is 11.9 Å². The van der Waals surface area contributed by atoms with Gasteiger partial charge >= 0.3 is 5.97 Å². The van der Waals surface area contributed by atoms with Gasteiger partial charge in [0.1, 0.15) is 5.69 Å². The van der Waals surface area contributed by atoms with Crippen molar-refractivity contribution in [1.82, 2.24) is 14.3 Å². The number of rotatable bonds is 7. The first-order chi connectivity index (χ1) is 14.0. The van der Waals surface area contributed by atoms with E-state index in [2.05, 4.69) is 10.1 Å². The van der Waals surface area contributed by atoms with Crippen LogP contribution in [0.1, 0.15) is 47.7 Å². The first kappa shape index (κ1) is 20.9. The molecule has 8 nitrogen and oxygen atoms in total. The summed E-state index contributed by atoms with van der Waals surface area (Å²) in [5, 5.41) is 4.21. The molecule has 1 aromatic carbocycles. The van der Waals surface area contributed by atoms with E-state index in [9.17, 15) is 9.59 Å². The maximum absolute atomic E-state index is 12.8. The highest BCUT2D eigenvalue weighted by Crippen LogP contribution is 2.20. The summed E-state index contributed by atoms with van der Waals surface area (Å²) in [7, 11) is 1.35. The number of ether oxygens (including phenoxy) is 2. The van der Waals surface area contributed by atoms with E-state index < -0.39 is 5.97 Å². The van der Waals surface area contributed by atoms with Crippen molar-refractivity contribution in [2.24, 2.45) is 4.99 Å². The van der Waals surface area contributed by atoms with Crippen LogP contribution in [-0.2, 0) is 16.0 Å². The number of carbonyl (C=O) groups excluding carboxylic acids is 2. The molecule has 2 heterocycles. The van der Waals surface area contributed by atoms with Crippen molar-refractivity contribution in [3.05, 3.63) is 46.5 Å². The lowest BCUT2D eigenvalue weighted by molar-refractivity contribution is 0.0600. The van der Waals surface area contributed by atoms with Gasteiger partial charge in [-0.25, -0.2) is 4.79 Å². The number of nitrogens with zero attached hydrogens (tertiary/aromatic N) is 4. The number of aromatic nitrogens is 3. The monoisotopic (exact) mass is 416 g/mol. The molecule has 1 amide bonds. The maximum Gasteiger partial charge on any atom is 0.337 e. The molecule has 0 radical (unpaired) electrons. The summed E-state index contributed by atoms with van der Waals surface area (Å²) in [6, 6.07) is 7.02. The molecular weight excluding hydrogens is 392 g/mol. The van der Waals surface area contributed by atoms with Gasteiger partial charge < -0.3 is 14.0 Å². The van der Waals surface area contributed by atoms with Crippen LogP contribution in [0.5, 0.6) is 0 Å². The quantitative estimate of drug-likeness (QED) is 0.436. The minimum atomic E-state index is -0.406. The minimum Gasteiger partial charge on any atom is -0.465 e. The number of amides is 1. The second-order valence-electron chi connectivity index (χ2n) is 6.58.